The van der Waals surface area contributed by atoms with Crippen LogP contribution in [-0.2, 0) is 17.5 Å². The first-order valence-electron chi connectivity index (χ1n) is 6.85. The molecule has 25 heavy (non-hydrogen) atoms. The van der Waals surface area contributed by atoms with Gasteiger partial charge >= 0.3 is 12.1 Å². The van der Waals surface area contributed by atoms with Gasteiger partial charge < -0.3 is 10.1 Å². The monoisotopic (exact) mass is 353 g/mol. The highest BCUT2D eigenvalue weighted by molar-refractivity contribution is 5.89. The molecule has 2 aromatic rings. The second-order valence-corrected chi connectivity index (χ2v) is 4.85. The van der Waals surface area contributed by atoms with Gasteiger partial charge in [-0.2, -0.15) is 18.4 Å². The van der Waals surface area contributed by atoms with E-state index in [9.17, 15) is 22.4 Å². The Balaban J connectivity index is 2.30. The number of hydrogen-bond donors (Lipinski definition) is 1. The summed E-state index contributed by atoms with van der Waals surface area (Å²) in [6.45, 7) is -0.278. The number of nitrogens with one attached hydrogen (secondary N) is 1. The zero-order valence-electron chi connectivity index (χ0n) is 12.8. The SMILES string of the molecule is COC(=O)c1ccc(F)c(CNc2nc(C(F)(F)F)ccc2C#N)c1. The van der Waals surface area contributed by atoms with Crippen molar-refractivity contribution in [2.75, 3.05) is 12.4 Å². The van der Waals surface area contributed by atoms with Gasteiger partial charge in [0.1, 0.15) is 23.4 Å². The second kappa shape index (κ2) is 7.17. The molecule has 0 radical (unpaired) electrons. The smallest absolute Gasteiger partial charge is 0.433 e. The highest BCUT2D eigenvalue weighted by Gasteiger charge is 2.33. The highest BCUT2D eigenvalue weighted by Crippen LogP contribution is 2.29. The van der Waals surface area contributed by atoms with Crippen molar-refractivity contribution in [1.82, 2.24) is 4.98 Å². The number of aromatic nitrogens is 1. The summed E-state index contributed by atoms with van der Waals surface area (Å²) >= 11 is 0. The van der Waals surface area contributed by atoms with Crippen molar-refractivity contribution in [3.8, 4) is 6.07 Å². The summed E-state index contributed by atoms with van der Waals surface area (Å²) < 4.78 is 56.5. The fourth-order valence-electron chi connectivity index (χ4n) is 1.98. The van der Waals surface area contributed by atoms with Crippen LogP contribution in [-0.4, -0.2) is 18.1 Å². The molecule has 0 aliphatic rings. The Labute approximate surface area is 139 Å². The number of nitrogens with zero attached hydrogens (tertiary/aromatic N) is 2. The molecular formula is C16H11F4N3O2. The van der Waals surface area contributed by atoms with Crippen molar-refractivity contribution >= 4 is 11.8 Å². The minimum absolute atomic E-state index is 0.00556. The van der Waals surface area contributed by atoms with Crippen LogP contribution in [0.25, 0.3) is 0 Å². The largest absolute Gasteiger partial charge is 0.465 e. The van der Waals surface area contributed by atoms with Crippen LogP contribution in [0.3, 0.4) is 0 Å². The number of carbonyl (C=O) groups is 1. The number of benzene rings is 1. The van der Waals surface area contributed by atoms with E-state index in [0.717, 1.165) is 19.2 Å². The van der Waals surface area contributed by atoms with Gasteiger partial charge in [0.2, 0.25) is 0 Å². The van der Waals surface area contributed by atoms with E-state index in [-0.39, 0.29) is 29.1 Å². The molecule has 0 unspecified atom stereocenters. The Morgan fingerprint density at radius 1 is 1.32 bits per heavy atom. The summed E-state index contributed by atoms with van der Waals surface area (Å²) in [5.41, 5.74) is -1.22. The standard InChI is InChI=1S/C16H11F4N3O2/c1-25-15(24)9-2-4-12(17)11(6-9)8-22-14-10(7-21)3-5-13(23-14)16(18,19)20/h2-6H,8H2,1H3,(H,22,23). The molecule has 0 amide bonds. The first kappa shape index (κ1) is 18.2. The fraction of sp³-hybridized carbons (Fsp3) is 0.188. The van der Waals surface area contributed by atoms with E-state index in [1.807, 2.05) is 0 Å². The molecule has 0 atom stereocenters. The van der Waals surface area contributed by atoms with E-state index in [0.29, 0.717) is 6.07 Å². The lowest BCUT2D eigenvalue weighted by Crippen LogP contribution is -2.12. The zero-order valence-corrected chi connectivity index (χ0v) is 12.8. The van der Waals surface area contributed by atoms with Gasteiger partial charge in [0, 0.05) is 12.1 Å². The zero-order chi connectivity index (χ0) is 18.6. The third-order valence-electron chi connectivity index (χ3n) is 3.22. The molecule has 9 heteroatoms. The topological polar surface area (TPSA) is 75.0 Å². The number of halogens is 4. The summed E-state index contributed by atoms with van der Waals surface area (Å²) in [6.07, 6.45) is -4.68. The normalized spacial score (nSPS) is 10.9. The maximum Gasteiger partial charge on any atom is 0.433 e. The molecule has 0 aliphatic carbocycles. The lowest BCUT2D eigenvalue weighted by molar-refractivity contribution is -0.141. The van der Waals surface area contributed by atoms with E-state index >= 15 is 0 Å². The molecule has 1 N–H and O–H groups in total. The number of anilines is 1. The minimum atomic E-state index is -4.68. The number of ether oxygens (including phenoxy) is 1. The van der Waals surface area contributed by atoms with E-state index in [1.54, 1.807) is 6.07 Å². The Morgan fingerprint density at radius 2 is 2.04 bits per heavy atom. The third kappa shape index (κ3) is 4.23. The number of rotatable bonds is 4. The number of carbonyl (C=O) groups excluding carboxylic acids is 1. The molecule has 1 heterocycles. The third-order valence-corrected chi connectivity index (χ3v) is 3.22. The molecule has 2 rings (SSSR count). The van der Waals surface area contributed by atoms with Crippen molar-refractivity contribution in [1.29, 1.82) is 5.26 Å². The molecular weight excluding hydrogens is 342 g/mol. The predicted molar refractivity (Wildman–Crippen MR) is 79.0 cm³/mol. The first-order valence-corrected chi connectivity index (χ1v) is 6.85. The Bertz CT molecular complexity index is 844. The van der Waals surface area contributed by atoms with Gasteiger partial charge in [0.25, 0.3) is 0 Å². The number of pyridine rings is 1. The molecule has 1 aromatic heterocycles. The lowest BCUT2D eigenvalue weighted by Gasteiger charge is -2.12. The van der Waals surface area contributed by atoms with Crippen molar-refractivity contribution in [2.45, 2.75) is 12.7 Å². The molecule has 0 bridgehead atoms. The predicted octanol–water partition coefficient (Wildman–Crippen LogP) is 3.51. The van der Waals surface area contributed by atoms with Crippen LogP contribution in [0.2, 0.25) is 0 Å². The Morgan fingerprint density at radius 3 is 2.64 bits per heavy atom. The summed E-state index contributed by atoms with van der Waals surface area (Å²) in [5, 5.41) is 11.5. The van der Waals surface area contributed by atoms with Crippen LogP contribution < -0.4 is 5.32 Å². The Kier molecular flexibility index (Phi) is 5.22. The summed E-state index contributed by atoms with van der Waals surface area (Å²) in [7, 11) is 1.16. The van der Waals surface area contributed by atoms with E-state index in [2.05, 4.69) is 15.0 Å². The van der Waals surface area contributed by atoms with Gasteiger partial charge in [0.05, 0.1) is 18.2 Å². The summed E-state index contributed by atoms with van der Waals surface area (Å²) in [5.74, 6) is -1.69. The number of nitriles is 1. The van der Waals surface area contributed by atoms with Crippen LogP contribution in [0.15, 0.2) is 30.3 Å². The highest BCUT2D eigenvalue weighted by atomic mass is 19.4. The quantitative estimate of drug-likeness (QED) is 0.672. The second-order valence-electron chi connectivity index (χ2n) is 4.85. The van der Waals surface area contributed by atoms with Crippen LogP contribution >= 0.6 is 0 Å². The number of alkyl halides is 3. The molecule has 130 valence electrons. The molecule has 5 nitrogen and oxygen atoms in total. The van der Waals surface area contributed by atoms with Crippen LogP contribution in [0, 0.1) is 17.1 Å². The van der Waals surface area contributed by atoms with Gasteiger partial charge in [-0.3, -0.25) is 0 Å². The van der Waals surface area contributed by atoms with Crippen LogP contribution in [0.5, 0.6) is 0 Å². The molecule has 0 saturated carbocycles. The molecule has 1 aromatic carbocycles. The average molecular weight is 353 g/mol. The van der Waals surface area contributed by atoms with Gasteiger partial charge in [-0.05, 0) is 30.3 Å². The lowest BCUT2D eigenvalue weighted by atomic mass is 10.1. The summed E-state index contributed by atoms with van der Waals surface area (Å²) in [6, 6.07) is 6.81. The number of hydrogen-bond acceptors (Lipinski definition) is 5. The van der Waals surface area contributed by atoms with Crippen molar-refractivity contribution in [2.24, 2.45) is 0 Å². The van der Waals surface area contributed by atoms with Gasteiger partial charge in [-0.25, -0.2) is 14.2 Å². The van der Waals surface area contributed by atoms with Gasteiger partial charge in [0.15, 0.2) is 0 Å². The molecule has 0 fully saturated rings. The molecule has 0 aliphatic heterocycles. The molecule has 0 spiro atoms. The number of esters is 1. The molecule has 0 saturated heterocycles. The maximum absolute atomic E-state index is 13.8. The van der Waals surface area contributed by atoms with Crippen molar-refractivity contribution in [3.05, 3.63) is 58.5 Å². The van der Waals surface area contributed by atoms with Crippen molar-refractivity contribution in [3.63, 3.8) is 0 Å². The van der Waals surface area contributed by atoms with Gasteiger partial charge in [-0.15, -0.1) is 0 Å². The average Bonchev–Trinajstić information content (AvgIpc) is 2.59. The van der Waals surface area contributed by atoms with E-state index < -0.39 is 23.7 Å². The van der Waals surface area contributed by atoms with Crippen LogP contribution in [0.4, 0.5) is 23.4 Å². The van der Waals surface area contributed by atoms with Crippen LogP contribution in [0.1, 0.15) is 27.2 Å². The minimum Gasteiger partial charge on any atom is -0.465 e. The Hall–Kier alpha value is -3.15. The van der Waals surface area contributed by atoms with Crippen molar-refractivity contribution < 1.29 is 27.1 Å². The first-order chi connectivity index (χ1) is 11.8. The number of methoxy groups -OCH3 is 1. The van der Waals surface area contributed by atoms with E-state index in [4.69, 9.17) is 5.26 Å². The fourth-order valence-corrected chi connectivity index (χ4v) is 1.98. The maximum atomic E-state index is 13.8. The van der Waals surface area contributed by atoms with Gasteiger partial charge in [-0.1, -0.05) is 0 Å². The summed E-state index contributed by atoms with van der Waals surface area (Å²) in [4.78, 5) is 14.8. The van der Waals surface area contributed by atoms with E-state index in [1.165, 1.54) is 12.1 Å².